The fourth-order valence-electron chi connectivity index (χ4n) is 4.33. The van der Waals surface area contributed by atoms with Crippen LogP contribution >= 0.6 is 0 Å². The van der Waals surface area contributed by atoms with E-state index in [2.05, 4.69) is 49.2 Å². The van der Waals surface area contributed by atoms with Crippen LogP contribution in [-0.4, -0.2) is 9.97 Å². The van der Waals surface area contributed by atoms with Gasteiger partial charge in [0, 0.05) is 30.8 Å². The average molecular weight is 423 g/mol. The molecule has 2 aromatic carbocycles. The highest BCUT2D eigenvalue weighted by Gasteiger charge is 2.17. The fourth-order valence-corrected chi connectivity index (χ4v) is 4.33. The molecule has 3 heterocycles. The number of pyridine rings is 2. The number of para-hydroxylation sites is 1. The molecule has 3 nitrogen and oxygen atoms in total. The number of nitrogens with zero attached hydrogens (tertiary/aromatic N) is 2. The number of furan rings is 1. The van der Waals surface area contributed by atoms with Crippen molar-refractivity contribution in [2.75, 3.05) is 0 Å². The van der Waals surface area contributed by atoms with Crippen molar-refractivity contribution in [3.8, 4) is 22.5 Å². The van der Waals surface area contributed by atoms with Gasteiger partial charge in [-0.1, -0.05) is 51.1 Å². The first kappa shape index (κ1) is 18.1. The summed E-state index contributed by atoms with van der Waals surface area (Å²) in [6.07, 6.45) is 0.168. The molecule has 0 atom stereocenters. The predicted octanol–water partition coefficient (Wildman–Crippen LogP) is 7.92. The molecule has 0 unspecified atom stereocenters. The van der Waals surface area contributed by atoms with Crippen LogP contribution in [0.15, 0.2) is 71.3 Å². The Morgan fingerprint density at radius 3 is 2.38 bits per heavy atom. The minimum atomic E-state index is -1.51. The van der Waals surface area contributed by atoms with Crippen molar-refractivity contribution < 1.29 is 7.16 Å². The maximum Gasteiger partial charge on any atom is 0.227 e. The average Bonchev–Trinajstić information content (AvgIpc) is 3.16. The third-order valence-corrected chi connectivity index (χ3v) is 5.66. The molecule has 0 fully saturated rings. The topological polar surface area (TPSA) is 38.9 Å². The molecule has 0 aliphatic heterocycles. The third kappa shape index (κ3) is 3.69. The SMILES string of the molecule is [2H]C([2H])(c1ccnc(-c2cccc3c2oc2nc(-c4c(C)cccc4C)ccc23)c1)C(C)(C)C. The quantitative estimate of drug-likeness (QED) is 0.296. The minimum absolute atomic E-state index is 0.551. The Morgan fingerprint density at radius 1 is 0.875 bits per heavy atom. The second-order valence-corrected chi connectivity index (χ2v) is 9.41. The Hall–Kier alpha value is -3.46. The summed E-state index contributed by atoms with van der Waals surface area (Å²) in [5, 5.41) is 1.92. The van der Waals surface area contributed by atoms with Crippen molar-refractivity contribution >= 4 is 22.1 Å². The Labute approximate surface area is 192 Å². The van der Waals surface area contributed by atoms with Crippen molar-refractivity contribution in [3.63, 3.8) is 0 Å². The molecule has 0 saturated heterocycles. The molecule has 3 heteroatoms. The highest BCUT2D eigenvalue weighted by molar-refractivity contribution is 6.08. The molecule has 0 saturated carbocycles. The van der Waals surface area contributed by atoms with Crippen LogP contribution in [0.3, 0.4) is 0 Å². The first-order valence-corrected chi connectivity index (χ1v) is 10.9. The van der Waals surface area contributed by atoms with E-state index in [9.17, 15) is 0 Å². The second kappa shape index (κ2) is 7.59. The number of hydrogen-bond acceptors (Lipinski definition) is 3. The normalized spacial score (nSPS) is 13.4. The van der Waals surface area contributed by atoms with Gasteiger partial charge in [-0.25, -0.2) is 4.98 Å². The van der Waals surface area contributed by atoms with Crippen LogP contribution in [0, 0.1) is 19.3 Å². The molecule has 160 valence electrons. The Morgan fingerprint density at radius 2 is 1.62 bits per heavy atom. The summed E-state index contributed by atoms with van der Waals surface area (Å²) in [6, 6.07) is 20.0. The summed E-state index contributed by atoms with van der Waals surface area (Å²) in [5.41, 5.74) is 7.25. The molecule has 0 aliphatic rings. The molecule has 0 N–H and O–H groups in total. The van der Waals surface area contributed by atoms with E-state index in [-0.39, 0.29) is 0 Å². The van der Waals surface area contributed by atoms with Gasteiger partial charge in [0.05, 0.1) is 11.4 Å². The van der Waals surface area contributed by atoms with Crippen LogP contribution < -0.4 is 0 Å². The molecule has 0 spiro atoms. The van der Waals surface area contributed by atoms with E-state index >= 15 is 0 Å². The smallest absolute Gasteiger partial charge is 0.227 e. The molecule has 0 aliphatic carbocycles. The summed E-state index contributed by atoms with van der Waals surface area (Å²) >= 11 is 0. The van der Waals surface area contributed by atoms with Crippen molar-refractivity contribution in [2.24, 2.45) is 5.41 Å². The van der Waals surface area contributed by atoms with Crippen LogP contribution in [-0.2, 0) is 6.37 Å². The van der Waals surface area contributed by atoms with Gasteiger partial charge in [-0.2, -0.15) is 0 Å². The first-order valence-electron chi connectivity index (χ1n) is 11.9. The fraction of sp³-hybridized carbons (Fsp3) is 0.241. The number of aryl methyl sites for hydroxylation is 2. The monoisotopic (exact) mass is 422 g/mol. The largest absolute Gasteiger partial charge is 0.437 e. The number of hydrogen-bond donors (Lipinski definition) is 0. The van der Waals surface area contributed by atoms with Crippen LogP contribution in [0.2, 0.25) is 0 Å². The van der Waals surface area contributed by atoms with E-state index in [1.54, 1.807) is 12.3 Å². The maximum atomic E-state index is 8.67. The molecule has 0 bridgehead atoms. The molecule has 0 amide bonds. The lowest BCUT2D eigenvalue weighted by Crippen LogP contribution is -2.09. The molecule has 3 aromatic heterocycles. The number of rotatable bonds is 3. The summed E-state index contributed by atoms with van der Waals surface area (Å²) in [6.45, 7) is 9.92. The second-order valence-electron chi connectivity index (χ2n) is 9.41. The van der Waals surface area contributed by atoms with E-state index in [4.69, 9.17) is 12.1 Å². The van der Waals surface area contributed by atoms with Gasteiger partial charge in [-0.05, 0) is 72.7 Å². The van der Waals surface area contributed by atoms with Crippen LogP contribution in [0.5, 0.6) is 0 Å². The van der Waals surface area contributed by atoms with Crippen LogP contribution in [0.4, 0.5) is 0 Å². The van der Waals surface area contributed by atoms with Gasteiger partial charge in [-0.3, -0.25) is 4.98 Å². The minimum Gasteiger partial charge on any atom is -0.437 e. The zero-order valence-electron chi connectivity index (χ0n) is 21.2. The molecular weight excluding hydrogens is 392 g/mol. The van der Waals surface area contributed by atoms with Gasteiger partial charge >= 0.3 is 0 Å². The third-order valence-electron chi connectivity index (χ3n) is 5.66. The first-order chi connectivity index (χ1) is 16.1. The zero-order chi connectivity index (χ0) is 24.3. The van der Waals surface area contributed by atoms with Gasteiger partial charge in [0.1, 0.15) is 5.58 Å². The van der Waals surface area contributed by atoms with Gasteiger partial charge in [-0.15, -0.1) is 0 Å². The van der Waals surface area contributed by atoms with Crippen LogP contribution in [0.25, 0.3) is 44.6 Å². The highest BCUT2D eigenvalue weighted by Crippen LogP contribution is 2.36. The van der Waals surface area contributed by atoms with E-state index < -0.39 is 11.8 Å². The summed E-state index contributed by atoms with van der Waals surface area (Å²) in [4.78, 5) is 9.45. The lowest BCUT2D eigenvalue weighted by Gasteiger charge is -2.18. The van der Waals surface area contributed by atoms with E-state index in [1.165, 1.54) is 11.1 Å². The number of benzene rings is 2. The molecule has 0 radical (unpaired) electrons. The Kier molecular flexibility index (Phi) is 4.31. The standard InChI is InChI=1S/C29H28N2O/c1-18-8-6-9-19(2)26(18)24-13-12-22-21-10-7-11-23(27(21)32-28(22)31-24)25-16-20(14-15-30-25)17-29(3,4)5/h6-16H,17H2,1-5H3/i17D2. The summed E-state index contributed by atoms with van der Waals surface area (Å²) in [7, 11) is 0. The highest BCUT2D eigenvalue weighted by atomic mass is 16.3. The van der Waals surface area contributed by atoms with E-state index in [1.807, 2.05) is 45.0 Å². The Bertz CT molecular complexity index is 1520. The summed E-state index contributed by atoms with van der Waals surface area (Å²) < 4.78 is 23.7. The lowest BCUT2D eigenvalue weighted by molar-refractivity contribution is 0.411. The molecule has 32 heavy (non-hydrogen) atoms. The molecule has 5 aromatic rings. The van der Waals surface area contributed by atoms with E-state index in [0.717, 1.165) is 27.6 Å². The van der Waals surface area contributed by atoms with Gasteiger partial charge in [0.2, 0.25) is 5.71 Å². The lowest BCUT2D eigenvalue weighted by atomic mass is 9.88. The van der Waals surface area contributed by atoms with Gasteiger partial charge in [0.25, 0.3) is 0 Å². The number of fused-ring (bicyclic) bond motifs is 3. The number of aromatic nitrogens is 2. The molecule has 5 rings (SSSR count). The zero-order valence-corrected chi connectivity index (χ0v) is 19.2. The van der Waals surface area contributed by atoms with Crippen molar-refractivity contribution in [2.45, 2.75) is 41.0 Å². The maximum absolute atomic E-state index is 8.67. The summed E-state index contributed by atoms with van der Waals surface area (Å²) in [5.74, 6) is 0. The van der Waals surface area contributed by atoms with E-state index in [0.29, 0.717) is 22.6 Å². The van der Waals surface area contributed by atoms with Gasteiger partial charge in [0.15, 0.2) is 0 Å². The van der Waals surface area contributed by atoms with Crippen molar-refractivity contribution in [3.05, 3.63) is 83.6 Å². The van der Waals surface area contributed by atoms with Gasteiger partial charge < -0.3 is 4.42 Å². The molecular formula is C29H28N2O. The predicted molar refractivity (Wildman–Crippen MR) is 133 cm³/mol. The van der Waals surface area contributed by atoms with Crippen molar-refractivity contribution in [1.82, 2.24) is 9.97 Å². The van der Waals surface area contributed by atoms with Crippen LogP contribution in [0.1, 0.15) is 40.2 Å². The van der Waals surface area contributed by atoms with Crippen molar-refractivity contribution in [1.29, 1.82) is 0 Å². The Balaban J connectivity index is 1.68.